The third-order valence-electron chi connectivity index (χ3n) is 5.12. The Kier molecular flexibility index (Phi) is 3.53. The molecule has 2 atom stereocenters. The van der Waals surface area contributed by atoms with Gasteiger partial charge in [-0.15, -0.1) is 0 Å². The van der Waals surface area contributed by atoms with Gasteiger partial charge in [0.15, 0.2) is 5.65 Å². The molecule has 5 rings (SSSR count). The third kappa shape index (κ3) is 2.96. The molecule has 0 unspecified atom stereocenters. The molecule has 1 aliphatic rings. The van der Waals surface area contributed by atoms with Gasteiger partial charge in [-0.1, -0.05) is 23.7 Å². The first-order chi connectivity index (χ1) is 12.9. The zero-order chi connectivity index (χ0) is 18.8. The lowest BCUT2D eigenvalue weighted by Crippen LogP contribution is -2.16. The van der Waals surface area contributed by atoms with Crippen LogP contribution in [0.2, 0.25) is 5.15 Å². The highest BCUT2D eigenvalue weighted by molar-refractivity contribution is 6.29. The summed E-state index contributed by atoms with van der Waals surface area (Å²) in [6.07, 6.45) is 1.58. The van der Waals surface area contributed by atoms with E-state index < -0.39 is 12.7 Å². The van der Waals surface area contributed by atoms with Crippen LogP contribution in [0.1, 0.15) is 29.4 Å². The summed E-state index contributed by atoms with van der Waals surface area (Å²) in [7, 11) is 0. The van der Waals surface area contributed by atoms with Crippen LogP contribution in [-0.2, 0) is 6.54 Å². The minimum Gasteiger partial charge on any atom is -0.338 e. The fourth-order valence-electron chi connectivity index (χ4n) is 3.85. The molecule has 3 heterocycles. The molecule has 138 valence electrons. The maximum Gasteiger partial charge on any atom is 0.406 e. The summed E-state index contributed by atoms with van der Waals surface area (Å²) in [4.78, 5) is 4.36. The number of hydrogen-bond acceptors (Lipinski definition) is 2. The summed E-state index contributed by atoms with van der Waals surface area (Å²) in [5.41, 5.74) is 3.44. The third-order valence-corrected chi connectivity index (χ3v) is 5.31. The van der Waals surface area contributed by atoms with Crippen molar-refractivity contribution in [2.24, 2.45) is 0 Å². The monoisotopic (exact) mass is 390 g/mol. The summed E-state index contributed by atoms with van der Waals surface area (Å²) in [5, 5.41) is 5.40. The maximum absolute atomic E-state index is 12.8. The molecule has 4 nitrogen and oxygen atoms in total. The standard InChI is InChI=1S/C19H14ClF3N4/c20-17-9-15(18-24-4-6-27(18)25-17)14-8-13(14)12-2-1-11-3-5-26(16(11)7-12)10-19(21,22)23/h1-7,9,13-14H,8,10H2/t13-,14+/m1/s1. The van der Waals surface area contributed by atoms with Gasteiger partial charge in [-0.3, -0.25) is 0 Å². The molecule has 0 bridgehead atoms. The number of imidazole rings is 1. The topological polar surface area (TPSA) is 35.1 Å². The quantitative estimate of drug-likeness (QED) is 0.483. The van der Waals surface area contributed by atoms with Crippen molar-refractivity contribution in [1.29, 1.82) is 0 Å². The first-order valence-electron chi connectivity index (χ1n) is 8.54. The second kappa shape index (κ2) is 5.73. The van der Waals surface area contributed by atoms with Gasteiger partial charge in [0.05, 0.1) is 0 Å². The van der Waals surface area contributed by atoms with Gasteiger partial charge in [0, 0.05) is 29.7 Å². The molecule has 3 aromatic heterocycles. The molecular weight excluding hydrogens is 377 g/mol. The summed E-state index contributed by atoms with van der Waals surface area (Å²) in [6.45, 7) is -0.983. The van der Waals surface area contributed by atoms with Crippen molar-refractivity contribution in [2.75, 3.05) is 0 Å². The van der Waals surface area contributed by atoms with Gasteiger partial charge in [-0.25, -0.2) is 9.50 Å². The number of aromatic nitrogens is 4. The lowest BCUT2D eigenvalue weighted by Gasteiger charge is -2.10. The molecule has 8 heteroatoms. The molecule has 1 aliphatic carbocycles. The Bertz CT molecular complexity index is 1160. The number of nitrogens with zero attached hydrogens (tertiary/aromatic N) is 4. The molecule has 4 aromatic rings. The second-order valence-corrected chi connectivity index (χ2v) is 7.33. The average Bonchev–Trinajstić information content (AvgIpc) is 3.10. The molecular formula is C19H14ClF3N4. The Morgan fingerprint density at radius 2 is 1.96 bits per heavy atom. The van der Waals surface area contributed by atoms with Gasteiger partial charge in [0.1, 0.15) is 11.7 Å². The lowest BCUT2D eigenvalue weighted by molar-refractivity contribution is -0.139. The Morgan fingerprint density at radius 3 is 2.78 bits per heavy atom. The average molecular weight is 391 g/mol. The highest BCUT2D eigenvalue weighted by atomic mass is 35.5. The fourth-order valence-corrected chi connectivity index (χ4v) is 4.05. The van der Waals surface area contributed by atoms with E-state index in [1.54, 1.807) is 23.0 Å². The molecule has 0 N–H and O–H groups in total. The lowest BCUT2D eigenvalue weighted by atomic mass is 10.0. The van der Waals surface area contributed by atoms with Crippen LogP contribution in [0.25, 0.3) is 16.6 Å². The minimum absolute atomic E-state index is 0.235. The predicted octanol–water partition coefficient (Wildman–Crippen LogP) is 5.17. The highest BCUT2D eigenvalue weighted by Gasteiger charge is 2.41. The van der Waals surface area contributed by atoms with E-state index in [1.807, 2.05) is 24.3 Å². The fraction of sp³-hybridized carbons (Fsp3) is 0.263. The van der Waals surface area contributed by atoms with E-state index in [0.717, 1.165) is 28.6 Å². The van der Waals surface area contributed by atoms with E-state index in [1.165, 1.54) is 10.8 Å². The molecule has 0 amide bonds. The van der Waals surface area contributed by atoms with E-state index in [4.69, 9.17) is 11.6 Å². The molecule has 27 heavy (non-hydrogen) atoms. The van der Waals surface area contributed by atoms with Gasteiger partial charge in [-0.05, 0) is 47.4 Å². The minimum atomic E-state index is -4.25. The van der Waals surface area contributed by atoms with E-state index in [9.17, 15) is 13.2 Å². The number of rotatable bonds is 3. The zero-order valence-electron chi connectivity index (χ0n) is 14.0. The van der Waals surface area contributed by atoms with Crippen molar-refractivity contribution in [3.8, 4) is 0 Å². The Labute approximate surface area is 157 Å². The van der Waals surface area contributed by atoms with Crippen molar-refractivity contribution >= 4 is 28.2 Å². The molecule has 1 saturated carbocycles. The number of fused-ring (bicyclic) bond motifs is 2. The van der Waals surface area contributed by atoms with E-state index in [-0.39, 0.29) is 11.8 Å². The van der Waals surface area contributed by atoms with E-state index in [2.05, 4.69) is 10.1 Å². The van der Waals surface area contributed by atoms with Gasteiger partial charge in [0.25, 0.3) is 0 Å². The van der Waals surface area contributed by atoms with Crippen molar-refractivity contribution in [2.45, 2.75) is 31.0 Å². The van der Waals surface area contributed by atoms with Crippen molar-refractivity contribution in [3.05, 3.63) is 65.2 Å². The van der Waals surface area contributed by atoms with Crippen molar-refractivity contribution in [3.63, 3.8) is 0 Å². The molecule has 0 saturated heterocycles. The summed E-state index contributed by atoms with van der Waals surface area (Å²) in [5.74, 6) is 0.474. The van der Waals surface area contributed by atoms with E-state index in [0.29, 0.717) is 10.7 Å². The van der Waals surface area contributed by atoms with Crippen LogP contribution < -0.4 is 0 Å². The van der Waals surface area contributed by atoms with Gasteiger partial charge >= 0.3 is 6.18 Å². The van der Waals surface area contributed by atoms with Gasteiger partial charge in [-0.2, -0.15) is 18.3 Å². The number of alkyl halides is 3. The van der Waals surface area contributed by atoms with Crippen LogP contribution in [0.15, 0.2) is 48.9 Å². The normalized spacial score (nSPS) is 19.9. The Balaban J connectivity index is 1.50. The van der Waals surface area contributed by atoms with Crippen molar-refractivity contribution < 1.29 is 13.2 Å². The SMILES string of the molecule is FC(F)(F)Cn1ccc2ccc([C@H]3C[C@@H]3c3cc(Cl)nn4ccnc34)cc21. The highest BCUT2D eigenvalue weighted by Crippen LogP contribution is 2.55. The predicted molar refractivity (Wildman–Crippen MR) is 96.1 cm³/mol. The van der Waals surface area contributed by atoms with Crippen LogP contribution in [0.4, 0.5) is 13.2 Å². The van der Waals surface area contributed by atoms with Crippen LogP contribution in [0.3, 0.4) is 0 Å². The zero-order valence-corrected chi connectivity index (χ0v) is 14.7. The van der Waals surface area contributed by atoms with Gasteiger partial charge in [0.2, 0.25) is 0 Å². The van der Waals surface area contributed by atoms with E-state index >= 15 is 0 Å². The second-order valence-electron chi connectivity index (χ2n) is 6.94. The summed E-state index contributed by atoms with van der Waals surface area (Å²) >= 11 is 6.12. The van der Waals surface area contributed by atoms with Crippen LogP contribution in [0.5, 0.6) is 0 Å². The van der Waals surface area contributed by atoms with Gasteiger partial charge < -0.3 is 4.57 Å². The molecule has 0 spiro atoms. The largest absolute Gasteiger partial charge is 0.406 e. The summed E-state index contributed by atoms with van der Waals surface area (Å²) < 4.78 is 41.3. The van der Waals surface area contributed by atoms with Crippen LogP contribution in [0, 0.1) is 0 Å². The van der Waals surface area contributed by atoms with Crippen LogP contribution >= 0.6 is 11.6 Å². The number of benzene rings is 1. The maximum atomic E-state index is 12.8. The molecule has 0 radical (unpaired) electrons. The first-order valence-corrected chi connectivity index (χ1v) is 8.92. The molecule has 1 fully saturated rings. The first kappa shape index (κ1) is 16.6. The van der Waals surface area contributed by atoms with Crippen LogP contribution in [-0.4, -0.2) is 25.3 Å². The molecule has 1 aromatic carbocycles. The molecule has 0 aliphatic heterocycles. The Morgan fingerprint density at radius 1 is 1.11 bits per heavy atom. The van der Waals surface area contributed by atoms with Crippen molar-refractivity contribution in [1.82, 2.24) is 19.2 Å². The summed E-state index contributed by atoms with van der Waals surface area (Å²) in [6, 6.07) is 9.30. The Hall–Kier alpha value is -2.54. The number of hydrogen-bond donors (Lipinski definition) is 0. The smallest absolute Gasteiger partial charge is 0.338 e. The number of halogens is 4.